The van der Waals surface area contributed by atoms with Crippen LogP contribution in [0.2, 0.25) is 0 Å². The van der Waals surface area contributed by atoms with Crippen molar-refractivity contribution >= 4 is 11.7 Å². The van der Waals surface area contributed by atoms with Gasteiger partial charge < -0.3 is 15.4 Å². The zero-order valence-electron chi connectivity index (χ0n) is 12.7. The monoisotopic (exact) mass is 290 g/mol. The third-order valence-corrected chi connectivity index (χ3v) is 3.95. The summed E-state index contributed by atoms with van der Waals surface area (Å²) < 4.78 is 0. The lowest BCUT2D eigenvalue weighted by Gasteiger charge is -2.13. The lowest BCUT2D eigenvalue weighted by Crippen LogP contribution is -2.33. The van der Waals surface area contributed by atoms with Crippen LogP contribution in [0.3, 0.4) is 0 Å². The number of ketones is 1. The minimum absolute atomic E-state index is 0.0271. The molecule has 0 radical (unpaired) electrons. The average molecular weight is 290 g/mol. The largest absolute Gasteiger partial charge is 0.396 e. The van der Waals surface area contributed by atoms with E-state index in [0.717, 1.165) is 11.3 Å². The average Bonchev–Trinajstić information content (AvgIpc) is 3.02. The third-order valence-electron chi connectivity index (χ3n) is 3.95. The van der Waals surface area contributed by atoms with E-state index in [0.29, 0.717) is 24.1 Å². The molecule has 114 valence electrons. The Kier molecular flexibility index (Phi) is 4.63. The van der Waals surface area contributed by atoms with Gasteiger partial charge in [0.25, 0.3) is 5.91 Å². The second-order valence-electron chi connectivity index (χ2n) is 5.53. The van der Waals surface area contributed by atoms with Crippen molar-refractivity contribution < 1.29 is 14.7 Å². The molecule has 0 fully saturated rings. The Labute approximate surface area is 124 Å². The number of aromatic nitrogens is 1. The number of Topliss-reactive ketones (excluding diaryl/α,β-unsaturated/α-hetero) is 1. The molecule has 2 atom stereocenters. The van der Waals surface area contributed by atoms with Crippen LogP contribution in [0.25, 0.3) is 0 Å². The molecule has 1 heterocycles. The van der Waals surface area contributed by atoms with E-state index in [1.54, 1.807) is 0 Å². The molecule has 21 heavy (non-hydrogen) atoms. The van der Waals surface area contributed by atoms with Crippen LogP contribution >= 0.6 is 0 Å². The molecule has 2 rings (SSSR count). The van der Waals surface area contributed by atoms with Gasteiger partial charge in [0.2, 0.25) is 0 Å². The highest BCUT2D eigenvalue weighted by atomic mass is 16.3. The number of aryl methyl sites for hydroxylation is 1. The number of amides is 1. The molecule has 1 aromatic rings. The summed E-state index contributed by atoms with van der Waals surface area (Å²) in [5.41, 5.74) is 2.61. The van der Waals surface area contributed by atoms with Crippen molar-refractivity contribution in [3.05, 3.63) is 34.7 Å². The topological polar surface area (TPSA) is 82.2 Å². The van der Waals surface area contributed by atoms with Crippen LogP contribution in [0.4, 0.5) is 0 Å². The molecular formula is C16H22N2O3. The summed E-state index contributed by atoms with van der Waals surface area (Å²) in [6.07, 6.45) is 5.17. The number of aliphatic hydroxyl groups is 1. The molecule has 1 aliphatic carbocycles. The van der Waals surface area contributed by atoms with Gasteiger partial charge in [-0.15, -0.1) is 0 Å². The van der Waals surface area contributed by atoms with E-state index in [9.17, 15) is 9.59 Å². The van der Waals surface area contributed by atoms with E-state index in [1.165, 1.54) is 6.92 Å². The summed E-state index contributed by atoms with van der Waals surface area (Å²) in [7, 11) is 0. The fourth-order valence-corrected chi connectivity index (χ4v) is 2.96. The van der Waals surface area contributed by atoms with Gasteiger partial charge in [-0.3, -0.25) is 9.59 Å². The number of aromatic amines is 1. The van der Waals surface area contributed by atoms with Gasteiger partial charge in [0.15, 0.2) is 5.78 Å². The van der Waals surface area contributed by atoms with Crippen LogP contribution in [-0.2, 0) is 6.42 Å². The van der Waals surface area contributed by atoms with Gasteiger partial charge >= 0.3 is 0 Å². The van der Waals surface area contributed by atoms with E-state index in [-0.39, 0.29) is 30.3 Å². The minimum atomic E-state index is -0.198. The Hall–Kier alpha value is -1.88. The molecule has 0 saturated heterocycles. The molecule has 3 N–H and O–H groups in total. The van der Waals surface area contributed by atoms with Gasteiger partial charge in [-0.25, -0.2) is 0 Å². The SMILES string of the molecule is CCc1c(C(=O)N[C@@H]2C=C[C@H](CO)C2)[nH]c(C)c1C(C)=O. The number of aliphatic hydroxyl groups excluding tert-OH is 1. The Bertz CT molecular complexity index is 587. The predicted molar refractivity (Wildman–Crippen MR) is 80.5 cm³/mol. The quantitative estimate of drug-likeness (QED) is 0.571. The van der Waals surface area contributed by atoms with Crippen LogP contribution in [0, 0.1) is 12.8 Å². The molecule has 1 amide bonds. The summed E-state index contributed by atoms with van der Waals surface area (Å²) >= 11 is 0. The zero-order chi connectivity index (χ0) is 15.6. The number of carbonyl (C=O) groups is 2. The molecular weight excluding hydrogens is 268 g/mol. The van der Waals surface area contributed by atoms with E-state index >= 15 is 0 Å². The summed E-state index contributed by atoms with van der Waals surface area (Å²) in [5.74, 6) is -0.115. The second kappa shape index (κ2) is 6.26. The lowest BCUT2D eigenvalue weighted by atomic mass is 10.0. The molecule has 0 aliphatic heterocycles. The van der Waals surface area contributed by atoms with Gasteiger partial charge in [-0.2, -0.15) is 0 Å². The maximum atomic E-state index is 12.4. The first kappa shape index (κ1) is 15.5. The molecule has 0 spiro atoms. The minimum Gasteiger partial charge on any atom is -0.396 e. The Morgan fingerprint density at radius 2 is 2.14 bits per heavy atom. The van der Waals surface area contributed by atoms with Crippen molar-refractivity contribution in [1.29, 1.82) is 0 Å². The molecule has 0 unspecified atom stereocenters. The van der Waals surface area contributed by atoms with Gasteiger partial charge in [0.05, 0.1) is 0 Å². The molecule has 1 aliphatic rings. The maximum Gasteiger partial charge on any atom is 0.268 e. The Morgan fingerprint density at radius 3 is 2.67 bits per heavy atom. The van der Waals surface area contributed by atoms with Crippen molar-refractivity contribution in [3.63, 3.8) is 0 Å². The molecule has 0 saturated carbocycles. The van der Waals surface area contributed by atoms with Gasteiger partial charge in [0, 0.05) is 29.8 Å². The van der Waals surface area contributed by atoms with Crippen LogP contribution < -0.4 is 5.32 Å². The first-order valence-electron chi connectivity index (χ1n) is 7.30. The fourth-order valence-electron chi connectivity index (χ4n) is 2.96. The summed E-state index contributed by atoms with van der Waals surface area (Å²) in [4.78, 5) is 27.2. The zero-order valence-corrected chi connectivity index (χ0v) is 12.7. The number of rotatable bonds is 5. The number of hydrogen-bond acceptors (Lipinski definition) is 3. The molecule has 5 heteroatoms. The number of hydrogen-bond donors (Lipinski definition) is 3. The van der Waals surface area contributed by atoms with Crippen molar-refractivity contribution in [2.24, 2.45) is 5.92 Å². The van der Waals surface area contributed by atoms with Crippen LogP contribution in [0.15, 0.2) is 12.2 Å². The number of nitrogens with one attached hydrogen (secondary N) is 2. The molecule has 1 aromatic heterocycles. The van der Waals surface area contributed by atoms with Crippen molar-refractivity contribution in [1.82, 2.24) is 10.3 Å². The van der Waals surface area contributed by atoms with Crippen LogP contribution in [-0.4, -0.2) is 34.4 Å². The summed E-state index contributed by atoms with van der Waals surface area (Å²) in [5, 5.41) is 12.0. The van der Waals surface area contributed by atoms with Gasteiger partial charge in [-0.05, 0) is 32.3 Å². The second-order valence-corrected chi connectivity index (χ2v) is 5.53. The standard InChI is InChI=1S/C16H22N2O3/c1-4-13-14(10(3)20)9(2)17-15(13)16(21)18-12-6-5-11(7-12)8-19/h5-6,11-12,17,19H,4,7-8H2,1-3H3,(H,18,21)/t11-,12+/m0/s1. The normalized spacial score (nSPS) is 20.8. The van der Waals surface area contributed by atoms with E-state index in [2.05, 4.69) is 10.3 Å². The molecule has 0 bridgehead atoms. The van der Waals surface area contributed by atoms with Crippen LogP contribution in [0.5, 0.6) is 0 Å². The van der Waals surface area contributed by atoms with Crippen molar-refractivity contribution in [3.8, 4) is 0 Å². The lowest BCUT2D eigenvalue weighted by molar-refractivity contribution is 0.0935. The van der Waals surface area contributed by atoms with E-state index in [1.807, 2.05) is 26.0 Å². The van der Waals surface area contributed by atoms with Crippen molar-refractivity contribution in [2.75, 3.05) is 6.61 Å². The number of H-pyrrole nitrogens is 1. The Balaban J connectivity index is 2.19. The summed E-state index contributed by atoms with van der Waals surface area (Å²) in [6, 6.07) is -0.0660. The number of carbonyl (C=O) groups excluding carboxylic acids is 2. The van der Waals surface area contributed by atoms with Gasteiger partial charge in [-0.1, -0.05) is 19.1 Å². The maximum absolute atomic E-state index is 12.4. The predicted octanol–water partition coefficient (Wildman–Crippen LogP) is 1.75. The smallest absolute Gasteiger partial charge is 0.268 e. The summed E-state index contributed by atoms with van der Waals surface area (Å²) in [6.45, 7) is 5.36. The van der Waals surface area contributed by atoms with Crippen molar-refractivity contribution in [2.45, 2.75) is 39.7 Å². The highest BCUT2D eigenvalue weighted by Crippen LogP contribution is 2.22. The first-order chi connectivity index (χ1) is 9.97. The van der Waals surface area contributed by atoms with Crippen LogP contribution in [0.1, 0.15) is 52.4 Å². The first-order valence-corrected chi connectivity index (χ1v) is 7.30. The third kappa shape index (κ3) is 3.08. The highest BCUT2D eigenvalue weighted by molar-refractivity contribution is 6.02. The molecule has 5 nitrogen and oxygen atoms in total. The Morgan fingerprint density at radius 1 is 1.43 bits per heavy atom. The highest BCUT2D eigenvalue weighted by Gasteiger charge is 2.25. The molecule has 0 aromatic carbocycles. The van der Waals surface area contributed by atoms with Gasteiger partial charge in [0.1, 0.15) is 5.69 Å². The van der Waals surface area contributed by atoms with E-state index < -0.39 is 0 Å². The van der Waals surface area contributed by atoms with E-state index in [4.69, 9.17) is 5.11 Å². The fraction of sp³-hybridized carbons (Fsp3) is 0.500.